The molecule has 4 aliphatic carbocycles. The molecule has 1 aromatic rings. The molecule has 1 aromatic heterocycles. The fourth-order valence-electron chi connectivity index (χ4n) is 9.29. The number of fused-ring (bicyclic) bond motifs is 3. The van der Waals surface area contributed by atoms with Gasteiger partial charge in [-0.15, -0.1) is 0 Å². The Kier molecular flexibility index (Phi) is 6.21. The fraction of sp³-hybridized carbons (Fsp3) is 0.719. The van der Waals surface area contributed by atoms with E-state index in [9.17, 15) is 14.9 Å². The van der Waals surface area contributed by atoms with Crippen molar-refractivity contribution in [1.29, 1.82) is 5.26 Å². The molecule has 5 rings (SSSR count). The van der Waals surface area contributed by atoms with Gasteiger partial charge in [0, 0.05) is 17.3 Å². The first-order valence-electron chi connectivity index (χ1n) is 14.5. The second kappa shape index (κ2) is 8.73. The van der Waals surface area contributed by atoms with Crippen molar-refractivity contribution in [2.75, 3.05) is 0 Å². The minimum atomic E-state index is -0.474. The quantitative estimate of drug-likeness (QED) is 0.442. The number of carbonyl (C=O) groups is 2. The van der Waals surface area contributed by atoms with Gasteiger partial charge in [-0.1, -0.05) is 71.7 Å². The second-order valence-electron chi connectivity index (χ2n) is 14.2. The first kappa shape index (κ1) is 27.0. The maximum Gasteiger partial charge on any atom is 0.232 e. The van der Waals surface area contributed by atoms with Crippen molar-refractivity contribution >= 4 is 11.6 Å². The molecule has 0 N–H and O–H groups in total. The maximum absolute atomic E-state index is 14.4. The van der Waals surface area contributed by atoms with Crippen molar-refractivity contribution in [2.24, 2.45) is 45.8 Å². The molecule has 0 radical (unpaired) electrons. The van der Waals surface area contributed by atoms with E-state index >= 15 is 0 Å². The molecule has 0 bridgehead atoms. The number of hydrogen-bond donors (Lipinski definition) is 0. The Hall–Kier alpha value is -2.55. The lowest BCUT2D eigenvalue weighted by atomic mass is 9.42. The predicted molar refractivity (Wildman–Crippen MR) is 145 cm³/mol. The Balaban J connectivity index is 1.66. The Morgan fingerprint density at radius 2 is 1.79 bits per heavy atom. The second-order valence-corrected chi connectivity index (χ2v) is 14.2. The van der Waals surface area contributed by atoms with E-state index in [2.05, 4.69) is 52.8 Å². The SMILES string of the molecule is CCC1C(C2CC(C)(C)CCC2(C)c2nc(C)no2)C(=O)C=C2C3(C)C=C(C#N)C(=O)C(C)C3CCC21C. The van der Waals surface area contributed by atoms with E-state index in [-0.39, 0.29) is 63.0 Å². The molecule has 2 fully saturated rings. The van der Waals surface area contributed by atoms with Crippen LogP contribution in [0.5, 0.6) is 0 Å². The summed E-state index contributed by atoms with van der Waals surface area (Å²) in [6.07, 6.45) is 9.49. The Morgan fingerprint density at radius 1 is 1.08 bits per heavy atom. The summed E-state index contributed by atoms with van der Waals surface area (Å²) >= 11 is 0. The molecule has 6 heteroatoms. The van der Waals surface area contributed by atoms with Crippen molar-refractivity contribution in [3.63, 3.8) is 0 Å². The van der Waals surface area contributed by atoms with Gasteiger partial charge in [-0.3, -0.25) is 9.59 Å². The van der Waals surface area contributed by atoms with Gasteiger partial charge < -0.3 is 4.52 Å². The smallest absolute Gasteiger partial charge is 0.232 e. The Labute approximate surface area is 227 Å². The van der Waals surface area contributed by atoms with Gasteiger partial charge in [0.1, 0.15) is 6.07 Å². The molecule has 4 aliphatic rings. The molecular weight excluding hydrogens is 474 g/mol. The molecule has 0 aliphatic heterocycles. The summed E-state index contributed by atoms with van der Waals surface area (Å²) in [6.45, 7) is 17.4. The molecule has 0 saturated heterocycles. The standard InChI is InChI=1S/C32H43N3O3/c1-9-21-26(23-16-29(4,5)12-13-31(23,7)28-34-19(3)35-38-28)24(36)14-25-30(21,6)11-10-22-18(2)27(37)20(17-33)15-32(22,25)8/h14-15,18,21-23,26H,9-13,16H2,1-8H3. The highest BCUT2D eigenvalue weighted by atomic mass is 16.5. The van der Waals surface area contributed by atoms with Crippen LogP contribution in [0.4, 0.5) is 0 Å². The van der Waals surface area contributed by atoms with Crippen LogP contribution in [0.2, 0.25) is 0 Å². The van der Waals surface area contributed by atoms with Crippen molar-refractivity contribution in [3.8, 4) is 6.07 Å². The number of rotatable bonds is 3. The average molecular weight is 518 g/mol. The zero-order chi connectivity index (χ0) is 27.8. The van der Waals surface area contributed by atoms with Crippen LogP contribution >= 0.6 is 0 Å². The number of nitriles is 1. The molecule has 6 nitrogen and oxygen atoms in total. The number of aromatic nitrogens is 2. The number of hydrogen-bond acceptors (Lipinski definition) is 6. The summed E-state index contributed by atoms with van der Waals surface area (Å²) in [7, 11) is 0. The van der Waals surface area contributed by atoms with Gasteiger partial charge in [-0.05, 0) is 73.7 Å². The summed E-state index contributed by atoms with van der Waals surface area (Å²) in [5, 5.41) is 13.9. The van der Waals surface area contributed by atoms with Crippen molar-refractivity contribution in [2.45, 2.75) is 99.3 Å². The van der Waals surface area contributed by atoms with E-state index < -0.39 is 5.41 Å². The number of allylic oxidation sites excluding steroid dienone is 4. The monoisotopic (exact) mass is 517 g/mol. The van der Waals surface area contributed by atoms with Gasteiger partial charge in [-0.2, -0.15) is 10.2 Å². The van der Waals surface area contributed by atoms with Crippen molar-refractivity contribution < 1.29 is 14.1 Å². The molecular formula is C32H43N3O3. The van der Waals surface area contributed by atoms with Crippen molar-refractivity contribution in [1.82, 2.24) is 10.1 Å². The van der Waals surface area contributed by atoms with Crippen LogP contribution in [0, 0.1) is 64.1 Å². The highest BCUT2D eigenvalue weighted by Gasteiger charge is 2.62. The molecule has 8 atom stereocenters. The maximum atomic E-state index is 14.4. The van der Waals surface area contributed by atoms with Crippen LogP contribution in [0.25, 0.3) is 0 Å². The topological polar surface area (TPSA) is 96.8 Å². The van der Waals surface area contributed by atoms with Gasteiger partial charge >= 0.3 is 0 Å². The third-order valence-electron chi connectivity index (χ3n) is 11.5. The van der Waals surface area contributed by atoms with Crippen LogP contribution in [0.15, 0.2) is 27.8 Å². The van der Waals surface area contributed by atoms with Crippen molar-refractivity contribution in [3.05, 3.63) is 35.0 Å². The highest BCUT2D eigenvalue weighted by molar-refractivity contribution is 6.02. The first-order valence-corrected chi connectivity index (χ1v) is 14.5. The summed E-state index contributed by atoms with van der Waals surface area (Å²) in [6, 6.07) is 2.16. The summed E-state index contributed by atoms with van der Waals surface area (Å²) < 4.78 is 5.81. The summed E-state index contributed by atoms with van der Waals surface area (Å²) in [5.74, 6) is 1.41. The van der Waals surface area contributed by atoms with Crippen LogP contribution < -0.4 is 0 Å². The molecule has 0 aromatic carbocycles. The molecule has 1 heterocycles. The molecule has 0 amide bonds. The van der Waals surface area contributed by atoms with Crippen LogP contribution in [-0.4, -0.2) is 21.7 Å². The minimum absolute atomic E-state index is 0.0544. The summed E-state index contributed by atoms with van der Waals surface area (Å²) in [4.78, 5) is 32.0. The highest BCUT2D eigenvalue weighted by Crippen LogP contribution is 2.66. The minimum Gasteiger partial charge on any atom is -0.339 e. The van der Waals surface area contributed by atoms with Crippen LogP contribution in [0.1, 0.15) is 98.7 Å². The van der Waals surface area contributed by atoms with Gasteiger partial charge in [0.15, 0.2) is 17.4 Å². The van der Waals surface area contributed by atoms with E-state index in [1.54, 1.807) is 0 Å². The zero-order valence-electron chi connectivity index (χ0n) is 24.4. The number of ketones is 2. The van der Waals surface area contributed by atoms with E-state index in [0.717, 1.165) is 44.1 Å². The van der Waals surface area contributed by atoms with Crippen LogP contribution in [0.3, 0.4) is 0 Å². The average Bonchev–Trinajstić information content (AvgIpc) is 3.30. The third kappa shape index (κ3) is 3.71. The first-order chi connectivity index (χ1) is 17.7. The summed E-state index contributed by atoms with van der Waals surface area (Å²) in [5.41, 5.74) is 0.466. The molecule has 2 saturated carbocycles. The number of nitrogens with zero attached hydrogens (tertiary/aromatic N) is 3. The van der Waals surface area contributed by atoms with Gasteiger partial charge in [0.2, 0.25) is 5.89 Å². The Morgan fingerprint density at radius 3 is 2.39 bits per heavy atom. The lowest BCUT2D eigenvalue weighted by Gasteiger charge is -2.61. The van der Waals surface area contributed by atoms with Gasteiger partial charge in [0.05, 0.1) is 11.0 Å². The molecule has 204 valence electrons. The van der Waals surface area contributed by atoms with E-state index in [4.69, 9.17) is 9.51 Å². The van der Waals surface area contributed by atoms with Crippen LogP contribution in [-0.2, 0) is 15.0 Å². The fourth-order valence-corrected chi connectivity index (χ4v) is 9.29. The lowest BCUT2D eigenvalue weighted by molar-refractivity contribution is -0.133. The molecule has 38 heavy (non-hydrogen) atoms. The molecule has 0 spiro atoms. The lowest BCUT2D eigenvalue weighted by Crippen LogP contribution is -2.57. The van der Waals surface area contributed by atoms with E-state index in [1.807, 2.05) is 26.0 Å². The van der Waals surface area contributed by atoms with E-state index in [0.29, 0.717) is 11.7 Å². The third-order valence-corrected chi connectivity index (χ3v) is 11.5. The predicted octanol–water partition coefficient (Wildman–Crippen LogP) is 6.70. The zero-order valence-corrected chi connectivity index (χ0v) is 24.4. The Bertz CT molecular complexity index is 1280. The van der Waals surface area contributed by atoms with Gasteiger partial charge in [-0.25, -0.2) is 0 Å². The molecule has 8 unspecified atom stereocenters. The largest absolute Gasteiger partial charge is 0.339 e. The number of Topliss-reactive ketones (excluding diaryl/α,β-unsaturated/α-hetero) is 1. The van der Waals surface area contributed by atoms with E-state index in [1.165, 1.54) is 0 Å². The number of carbonyl (C=O) groups excluding carboxylic acids is 2. The van der Waals surface area contributed by atoms with Gasteiger partial charge in [0.25, 0.3) is 0 Å². The normalized spacial score (nSPS) is 42.4. The number of aryl methyl sites for hydroxylation is 1.